The van der Waals surface area contributed by atoms with Gasteiger partial charge < -0.3 is 5.11 Å². The van der Waals surface area contributed by atoms with E-state index < -0.39 is 18.0 Å². The fourth-order valence-electron chi connectivity index (χ4n) is 1.05. The minimum Gasteiger partial charge on any atom is -0.479 e. The van der Waals surface area contributed by atoms with Crippen LogP contribution in [0, 0.1) is 12.7 Å². The first-order valence-corrected chi connectivity index (χ1v) is 3.64. The number of carboxylic acid groups (broad SMARTS) is 1. The molecule has 13 heavy (non-hydrogen) atoms. The average molecular weight is 186 g/mol. The summed E-state index contributed by atoms with van der Waals surface area (Å²) < 4.78 is 25.5. The Hall–Kier alpha value is -1.45. The maximum atomic E-state index is 12.9. The van der Waals surface area contributed by atoms with E-state index in [1.807, 2.05) is 0 Å². The molecule has 0 aliphatic rings. The molecule has 70 valence electrons. The summed E-state index contributed by atoms with van der Waals surface area (Å²) in [7, 11) is 0. The quantitative estimate of drug-likeness (QED) is 0.768. The summed E-state index contributed by atoms with van der Waals surface area (Å²) in [6.07, 6.45) is -2.16. The summed E-state index contributed by atoms with van der Waals surface area (Å²) in [5.74, 6) is -2.23. The molecule has 0 fully saturated rings. The summed E-state index contributed by atoms with van der Waals surface area (Å²) in [5.41, 5.74) is 0.337. The predicted molar refractivity (Wildman–Crippen MR) is 42.6 cm³/mol. The molecule has 1 unspecified atom stereocenters. The van der Waals surface area contributed by atoms with Crippen molar-refractivity contribution in [2.45, 2.75) is 13.1 Å². The van der Waals surface area contributed by atoms with Gasteiger partial charge in [0.15, 0.2) is 0 Å². The second-order valence-electron chi connectivity index (χ2n) is 2.76. The molecule has 1 aromatic carbocycles. The predicted octanol–water partition coefficient (Wildman–Crippen LogP) is 2.23. The van der Waals surface area contributed by atoms with Crippen molar-refractivity contribution in [1.29, 1.82) is 0 Å². The number of carboxylic acids is 1. The third kappa shape index (κ3) is 2.24. The molecule has 1 atom stereocenters. The van der Waals surface area contributed by atoms with Crippen LogP contribution >= 0.6 is 0 Å². The lowest BCUT2D eigenvalue weighted by molar-refractivity contribution is -0.143. The molecule has 0 saturated heterocycles. The van der Waals surface area contributed by atoms with Crippen molar-refractivity contribution in [2.75, 3.05) is 0 Å². The summed E-state index contributed by atoms with van der Waals surface area (Å²) in [6, 6.07) is 3.39. The zero-order valence-corrected chi connectivity index (χ0v) is 6.92. The minimum atomic E-state index is -2.16. The van der Waals surface area contributed by atoms with Crippen LogP contribution in [0.3, 0.4) is 0 Å². The van der Waals surface area contributed by atoms with Crippen LogP contribution in [0.15, 0.2) is 18.2 Å². The first-order chi connectivity index (χ1) is 6.00. The van der Waals surface area contributed by atoms with Crippen molar-refractivity contribution >= 4 is 5.97 Å². The molecule has 0 aliphatic carbocycles. The van der Waals surface area contributed by atoms with Crippen LogP contribution < -0.4 is 0 Å². The van der Waals surface area contributed by atoms with Gasteiger partial charge in [0.2, 0.25) is 6.17 Å². The smallest absolute Gasteiger partial charge is 0.343 e. The van der Waals surface area contributed by atoms with E-state index in [9.17, 15) is 13.6 Å². The van der Waals surface area contributed by atoms with Gasteiger partial charge in [-0.25, -0.2) is 13.6 Å². The summed E-state index contributed by atoms with van der Waals surface area (Å²) in [6.45, 7) is 1.57. The first-order valence-electron chi connectivity index (χ1n) is 3.64. The fraction of sp³-hybridized carbons (Fsp3) is 0.222. The lowest BCUT2D eigenvalue weighted by atomic mass is 10.1. The lowest BCUT2D eigenvalue weighted by Gasteiger charge is -2.04. The van der Waals surface area contributed by atoms with Crippen LogP contribution in [0.5, 0.6) is 0 Å². The number of aryl methyl sites for hydroxylation is 1. The Balaban J connectivity index is 3.07. The number of benzene rings is 1. The van der Waals surface area contributed by atoms with Crippen LogP contribution in [0.25, 0.3) is 0 Å². The maximum Gasteiger partial charge on any atom is 0.343 e. The normalized spacial score (nSPS) is 12.5. The SMILES string of the molecule is Cc1cc(F)cc(C(F)C(=O)O)c1. The number of hydrogen-bond acceptors (Lipinski definition) is 1. The molecule has 2 nitrogen and oxygen atoms in total. The van der Waals surface area contributed by atoms with Gasteiger partial charge in [-0.3, -0.25) is 0 Å². The molecule has 0 bridgehead atoms. The Morgan fingerprint density at radius 3 is 2.54 bits per heavy atom. The summed E-state index contributed by atoms with van der Waals surface area (Å²) in [5, 5.41) is 8.32. The molecule has 1 N–H and O–H groups in total. The molecule has 0 heterocycles. The molecular formula is C9H8F2O2. The van der Waals surface area contributed by atoms with Crippen LogP contribution in [0.4, 0.5) is 8.78 Å². The van der Waals surface area contributed by atoms with Crippen molar-refractivity contribution in [3.05, 3.63) is 35.1 Å². The number of rotatable bonds is 2. The molecule has 0 saturated carbocycles. The fourth-order valence-corrected chi connectivity index (χ4v) is 1.05. The van der Waals surface area contributed by atoms with E-state index >= 15 is 0 Å². The number of aliphatic carboxylic acids is 1. The van der Waals surface area contributed by atoms with E-state index in [4.69, 9.17) is 5.11 Å². The summed E-state index contributed by atoms with van der Waals surface area (Å²) >= 11 is 0. The van der Waals surface area contributed by atoms with Crippen molar-refractivity contribution in [1.82, 2.24) is 0 Å². The van der Waals surface area contributed by atoms with Gasteiger partial charge in [-0.1, -0.05) is 6.07 Å². The van der Waals surface area contributed by atoms with E-state index in [0.717, 1.165) is 6.07 Å². The first kappa shape index (κ1) is 9.64. The topological polar surface area (TPSA) is 37.3 Å². The molecule has 0 spiro atoms. The maximum absolute atomic E-state index is 12.9. The van der Waals surface area contributed by atoms with Crippen molar-refractivity contribution in [2.24, 2.45) is 0 Å². The standard InChI is InChI=1S/C9H8F2O2/c1-5-2-6(4-7(10)3-5)8(11)9(12)13/h2-4,8H,1H3,(H,12,13). The van der Waals surface area contributed by atoms with E-state index in [1.165, 1.54) is 12.1 Å². The van der Waals surface area contributed by atoms with Gasteiger partial charge in [0.1, 0.15) is 5.82 Å². The zero-order valence-electron chi connectivity index (χ0n) is 6.92. The van der Waals surface area contributed by atoms with Gasteiger partial charge in [0, 0.05) is 5.56 Å². The number of hydrogen-bond donors (Lipinski definition) is 1. The van der Waals surface area contributed by atoms with Crippen LogP contribution in [0.2, 0.25) is 0 Å². The third-order valence-corrected chi connectivity index (χ3v) is 1.57. The molecule has 0 amide bonds. The minimum absolute atomic E-state index is 0.162. The monoisotopic (exact) mass is 186 g/mol. The van der Waals surface area contributed by atoms with Gasteiger partial charge in [-0.15, -0.1) is 0 Å². The van der Waals surface area contributed by atoms with E-state index in [1.54, 1.807) is 6.92 Å². The zero-order chi connectivity index (χ0) is 10.0. The second-order valence-corrected chi connectivity index (χ2v) is 2.76. The van der Waals surface area contributed by atoms with Crippen molar-refractivity contribution < 1.29 is 18.7 Å². The Bertz CT molecular complexity index is 316. The highest BCUT2D eigenvalue weighted by Gasteiger charge is 2.18. The van der Waals surface area contributed by atoms with Crippen molar-refractivity contribution in [3.8, 4) is 0 Å². The highest BCUT2D eigenvalue weighted by Crippen LogP contribution is 2.19. The molecule has 0 aliphatic heterocycles. The number of alkyl halides is 1. The van der Waals surface area contributed by atoms with Gasteiger partial charge in [0.05, 0.1) is 0 Å². The van der Waals surface area contributed by atoms with Gasteiger partial charge >= 0.3 is 5.97 Å². The molecule has 0 radical (unpaired) electrons. The van der Waals surface area contributed by atoms with Gasteiger partial charge in [-0.2, -0.15) is 0 Å². The largest absolute Gasteiger partial charge is 0.479 e. The molecule has 0 aromatic heterocycles. The van der Waals surface area contributed by atoms with Crippen LogP contribution in [-0.4, -0.2) is 11.1 Å². The Morgan fingerprint density at radius 2 is 2.08 bits per heavy atom. The highest BCUT2D eigenvalue weighted by molar-refractivity contribution is 5.74. The number of halogens is 2. The Kier molecular flexibility index (Phi) is 2.60. The van der Waals surface area contributed by atoms with Gasteiger partial charge in [-0.05, 0) is 24.6 Å². The summed E-state index contributed by atoms with van der Waals surface area (Å²) in [4.78, 5) is 10.2. The van der Waals surface area contributed by atoms with E-state index in [2.05, 4.69) is 0 Å². The lowest BCUT2D eigenvalue weighted by Crippen LogP contribution is -2.06. The molecule has 4 heteroatoms. The molecular weight excluding hydrogens is 178 g/mol. The Morgan fingerprint density at radius 1 is 1.46 bits per heavy atom. The highest BCUT2D eigenvalue weighted by atomic mass is 19.1. The molecule has 1 aromatic rings. The second kappa shape index (κ2) is 3.51. The van der Waals surface area contributed by atoms with Crippen LogP contribution in [0.1, 0.15) is 17.3 Å². The third-order valence-electron chi connectivity index (χ3n) is 1.57. The van der Waals surface area contributed by atoms with Crippen LogP contribution in [-0.2, 0) is 4.79 Å². The van der Waals surface area contributed by atoms with Gasteiger partial charge in [0.25, 0.3) is 0 Å². The van der Waals surface area contributed by atoms with E-state index in [0.29, 0.717) is 5.56 Å². The average Bonchev–Trinajstić information content (AvgIpc) is 2.01. The van der Waals surface area contributed by atoms with E-state index in [-0.39, 0.29) is 5.56 Å². The number of carbonyl (C=O) groups is 1. The Labute approximate surface area is 73.8 Å². The molecule has 1 rings (SSSR count). The van der Waals surface area contributed by atoms with Crippen molar-refractivity contribution in [3.63, 3.8) is 0 Å².